The smallest absolute Gasteiger partial charge is 0.120 e. The second-order valence-electron chi connectivity index (χ2n) is 7.97. The summed E-state index contributed by atoms with van der Waals surface area (Å²) in [5.74, 6) is 0.797. The van der Waals surface area contributed by atoms with Crippen LogP contribution in [-0.4, -0.2) is 24.9 Å². The summed E-state index contributed by atoms with van der Waals surface area (Å²) in [5.41, 5.74) is 6.64. The van der Waals surface area contributed by atoms with Gasteiger partial charge in [-0.05, 0) is 52.0 Å². The summed E-state index contributed by atoms with van der Waals surface area (Å²) in [6, 6.07) is 38.9. The van der Waals surface area contributed by atoms with Gasteiger partial charge in [0, 0.05) is 6.61 Å². The van der Waals surface area contributed by atoms with Crippen molar-refractivity contribution in [2.75, 3.05) is 19.8 Å². The van der Waals surface area contributed by atoms with Crippen molar-refractivity contribution in [2.45, 2.75) is 13.0 Å². The fraction of sp³-hybridized carbons (Fsp3) is 0.161. The van der Waals surface area contributed by atoms with Crippen LogP contribution >= 0.6 is 0 Å². The second-order valence-corrected chi connectivity index (χ2v) is 7.97. The third-order valence-corrected chi connectivity index (χ3v) is 5.58. The van der Waals surface area contributed by atoms with Gasteiger partial charge in [-0.15, -0.1) is 0 Å². The second kappa shape index (κ2) is 12.5. The summed E-state index contributed by atoms with van der Waals surface area (Å²) in [6.45, 7) is 1.64. The molecule has 0 heterocycles. The zero-order valence-corrected chi connectivity index (χ0v) is 19.3. The van der Waals surface area contributed by atoms with Crippen LogP contribution in [0.15, 0.2) is 115 Å². The highest BCUT2D eigenvalue weighted by atomic mass is 16.5. The standard InChI is InChI=1S/C31H30O3/c32-20-19-30(26-13-6-2-7-14-26)31(27-15-8-3-9-16-27)28-17-10-18-29(23-28)34-22-21-33-24-25-11-4-1-5-12-25/h1-18,23,32H,19-22,24H2/b31-30-. The van der Waals surface area contributed by atoms with Gasteiger partial charge in [-0.3, -0.25) is 0 Å². The molecule has 0 fully saturated rings. The van der Waals surface area contributed by atoms with Gasteiger partial charge in [0.05, 0.1) is 13.2 Å². The molecule has 0 saturated carbocycles. The maximum Gasteiger partial charge on any atom is 0.120 e. The minimum absolute atomic E-state index is 0.0789. The van der Waals surface area contributed by atoms with Gasteiger partial charge in [-0.2, -0.15) is 0 Å². The van der Waals surface area contributed by atoms with Crippen LogP contribution in [-0.2, 0) is 11.3 Å². The molecule has 0 atom stereocenters. The van der Waals surface area contributed by atoms with E-state index in [1.807, 2.05) is 66.7 Å². The molecule has 0 aromatic heterocycles. The number of aliphatic hydroxyl groups excluding tert-OH is 1. The number of hydrogen-bond acceptors (Lipinski definition) is 3. The van der Waals surface area contributed by atoms with Crippen molar-refractivity contribution in [3.8, 4) is 5.75 Å². The first-order valence-corrected chi connectivity index (χ1v) is 11.6. The largest absolute Gasteiger partial charge is 0.491 e. The van der Waals surface area contributed by atoms with Gasteiger partial charge in [0.15, 0.2) is 0 Å². The lowest BCUT2D eigenvalue weighted by Gasteiger charge is -2.18. The molecule has 0 unspecified atom stereocenters. The zero-order valence-electron chi connectivity index (χ0n) is 19.3. The van der Waals surface area contributed by atoms with Crippen molar-refractivity contribution in [3.63, 3.8) is 0 Å². The minimum atomic E-state index is 0.0789. The Labute approximate surface area is 201 Å². The number of ether oxygens (including phenoxy) is 2. The first-order valence-electron chi connectivity index (χ1n) is 11.6. The van der Waals surface area contributed by atoms with E-state index >= 15 is 0 Å². The molecule has 0 aliphatic heterocycles. The summed E-state index contributed by atoms with van der Waals surface area (Å²) >= 11 is 0. The quantitative estimate of drug-likeness (QED) is 0.206. The van der Waals surface area contributed by atoms with E-state index in [1.165, 1.54) is 0 Å². The summed E-state index contributed by atoms with van der Waals surface area (Å²) < 4.78 is 11.8. The molecule has 0 bridgehead atoms. The van der Waals surface area contributed by atoms with Gasteiger partial charge < -0.3 is 14.6 Å². The summed E-state index contributed by atoms with van der Waals surface area (Å²) in [5, 5.41) is 9.87. The lowest BCUT2D eigenvalue weighted by molar-refractivity contribution is 0.0889. The van der Waals surface area contributed by atoms with Crippen LogP contribution in [0.25, 0.3) is 11.1 Å². The molecule has 0 amide bonds. The number of rotatable bonds is 11. The van der Waals surface area contributed by atoms with E-state index in [4.69, 9.17) is 9.47 Å². The first kappa shape index (κ1) is 23.5. The molecule has 0 radical (unpaired) electrons. The molecular formula is C31H30O3. The fourth-order valence-corrected chi connectivity index (χ4v) is 4.01. The molecule has 3 nitrogen and oxygen atoms in total. The third kappa shape index (κ3) is 6.44. The van der Waals surface area contributed by atoms with Gasteiger partial charge in [0.25, 0.3) is 0 Å². The van der Waals surface area contributed by atoms with Crippen LogP contribution < -0.4 is 4.74 Å². The van der Waals surface area contributed by atoms with Crippen molar-refractivity contribution in [2.24, 2.45) is 0 Å². The Morgan fingerprint density at radius 1 is 0.618 bits per heavy atom. The highest BCUT2D eigenvalue weighted by Crippen LogP contribution is 2.35. The maximum atomic E-state index is 9.87. The Hall–Kier alpha value is -3.66. The highest BCUT2D eigenvalue weighted by Gasteiger charge is 2.14. The van der Waals surface area contributed by atoms with Gasteiger partial charge in [0.2, 0.25) is 0 Å². The first-order chi connectivity index (χ1) is 16.8. The van der Waals surface area contributed by atoms with E-state index in [2.05, 4.69) is 48.5 Å². The highest BCUT2D eigenvalue weighted by molar-refractivity contribution is 5.98. The number of hydrogen-bond donors (Lipinski definition) is 1. The predicted molar refractivity (Wildman–Crippen MR) is 139 cm³/mol. The molecule has 1 N–H and O–H groups in total. The number of aliphatic hydroxyl groups is 1. The van der Waals surface area contributed by atoms with E-state index in [0.29, 0.717) is 26.2 Å². The van der Waals surface area contributed by atoms with Gasteiger partial charge in [-0.1, -0.05) is 103 Å². The van der Waals surface area contributed by atoms with Crippen molar-refractivity contribution in [3.05, 3.63) is 138 Å². The van der Waals surface area contributed by atoms with Gasteiger partial charge in [-0.25, -0.2) is 0 Å². The predicted octanol–water partition coefficient (Wildman–Crippen LogP) is 6.62. The van der Waals surface area contributed by atoms with Crippen LogP contribution in [0.3, 0.4) is 0 Å². The molecule has 4 rings (SSSR count). The molecule has 4 aromatic carbocycles. The molecular weight excluding hydrogens is 420 g/mol. The van der Waals surface area contributed by atoms with E-state index < -0.39 is 0 Å². The molecule has 0 saturated heterocycles. The molecule has 4 aromatic rings. The summed E-state index contributed by atoms with van der Waals surface area (Å²) in [6.07, 6.45) is 0.562. The average molecular weight is 451 g/mol. The minimum Gasteiger partial charge on any atom is -0.491 e. The summed E-state index contributed by atoms with van der Waals surface area (Å²) in [7, 11) is 0. The van der Waals surface area contributed by atoms with Crippen LogP contribution in [0, 0.1) is 0 Å². The molecule has 0 spiro atoms. The van der Waals surface area contributed by atoms with Crippen LogP contribution in [0.1, 0.15) is 28.7 Å². The molecule has 3 heteroatoms. The van der Waals surface area contributed by atoms with Crippen molar-refractivity contribution in [1.82, 2.24) is 0 Å². The van der Waals surface area contributed by atoms with Crippen molar-refractivity contribution < 1.29 is 14.6 Å². The van der Waals surface area contributed by atoms with Gasteiger partial charge in [0.1, 0.15) is 12.4 Å². The molecule has 0 aliphatic rings. The monoisotopic (exact) mass is 450 g/mol. The zero-order chi connectivity index (χ0) is 23.4. The topological polar surface area (TPSA) is 38.7 Å². The maximum absolute atomic E-state index is 9.87. The van der Waals surface area contributed by atoms with Crippen LogP contribution in [0.4, 0.5) is 0 Å². The lowest BCUT2D eigenvalue weighted by atomic mass is 9.88. The Morgan fingerprint density at radius 3 is 1.91 bits per heavy atom. The lowest BCUT2D eigenvalue weighted by Crippen LogP contribution is -2.07. The Bertz CT molecular complexity index is 1170. The van der Waals surface area contributed by atoms with Gasteiger partial charge >= 0.3 is 0 Å². The molecule has 172 valence electrons. The number of benzene rings is 4. The van der Waals surface area contributed by atoms with Crippen LogP contribution in [0.5, 0.6) is 5.75 Å². The fourth-order valence-electron chi connectivity index (χ4n) is 4.01. The van der Waals surface area contributed by atoms with E-state index in [-0.39, 0.29) is 6.61 Å². The van der Waals surface area contributed by atoms with Crippen molar-refractivity contribution >= 4 is 11.1 Å². The van der Waals surface area contributed by atoms with Crippen LogP contribution in [0.2, 0.25) is 0 Å². The Kier molecular flexibility index (Phi) is 8.67. The van der Waals surface area contributed by atoms with Crippen molar-refractivity contribution in [1.29, 1.82) is 0 Å². The molecule has 0 aliphatic carbocycles. The Balaban J connectivity index is 1.56. The van der Waals surface area contributed by atoms with E-state index in [9.17, 15) is 5.11 Å². The normalized spacial score (nSPS) is 11.7. The summed E-state index contributed by atoms with van der Waals surface area (Å²) in [4.78, 5) is 0. The molecule has 34 heavy (non-hydrogen) atoms. The Morgan fingerprint density at radius 2 is 1.24 bits per heavy atom. The SMILES string of the molecule is OCC/C(=C(\c1ccccc1)c1cccc(OCCOCc2ccccc2)c1)c1ccccc1. The average Bonchev–Trinajstić information content (AvgIpc) is 2.90. The third-order valence-electron chi connectivity index (χ3n) is 5.58. The van der Waals surface area contributed by atoms with E-state index in [1.54, 1.807) is 0 Å². The van der Waals surface area contributed by atoms with E-state index in [0.717, 1.165) is 39.1 Å².